The first-order valence-electron chi connectivity index (χ1n) is 10.6. The van der Waals surface area contributed by atoms with Crippen molar-refractivity contribution in [3.63, 3.8) is 0 Å². The van der Waals surface area contributed by atoms with Crippen LogP contribution in [-0.4, -0.2) is 83.4 Å². The maximum atomic E-state index is 5.56. The molecule has 3 rings (SSSR count). The zero-order valence-corrected chi connectivity index (χ0v) is 18.4. The summed E-state index contributed by atoms with van der Waals surface area (Å²) in [5.74, 6) is 4.02. The molecule has 2 heterocycles. The van der Waals surface area contributed by atoms with E-state index in [0.29, 0.717) is 0 Å². The SMILES string of the molecule is CN=C(NCCc1c(OC)cc(OC)cc1OC)N1CCC(CN2CCCC2)C1. The maximum absolute atomic E-state index is 5.56. The average molecular weight is 405 g/mol. The summed E-state index contributed by atoms with van der Waals surface area (Å²) in [6, 6.07) is 3.80. The van der Waals surface area contributed by atoms with Crippen molar-refractivity contribution in [2.75, 3.05) is 67.6 Å². The van der Waals surface area contributed by atoms with Gasteiger partial charge in [-0.3, -0.25) is 4.99 Å². The van der Waals surface area contributed by atoms with Crippen molar-refractivity contribution in [3.8, 4) is 17.2 Å². The van der Waals surface area contributed by atoms with Gasteiger partial charge in [-0.2, -0.15) is 0 Å². The van der Waals surface area contributed by atoms with Crippen LogP contribution in [0.15, 0.2) is 17.1 Å². The summed E-state index contributed by atoms with van der Waals surface area (Å²) in [6.07, 6.45) is 4.74. The van der Waals surface area contributed by atoms with Gasteiger partial charge in [0.15, 0.2) is 5.96 Å². The molecule has 0 bridgehead atoms. The second-order valence-corrected chi connectivity index (χ2v) is 7.84. The van der Waals surface area contributed by atoms with Crippen molar-refractivity contribution in [2.24, 2.45) is 10.9 Å². The van der Waals surface area contributed by atoms with E-state index in [4.69, 9.17) is 14.2 Å². The van der Waals surface area contributed by atoms with Crippen LogP contribution < -0.4 is 19.5 Å². The molecule has 1 N–H and O–H groups in total. The molecule has 0 saturated carbocycles. The molecule has 7 heteroatoms. The van der Waals surface area contributed by atoms with Crippen LogP contribution in [0.1, 0.15) is 24.8 Å². The second-order valence-electron chi connectivity index (χ2n) is 7.84. The van der Waals surface area contributed by atoms with Gasteiger partial charge >= 0.3 is 0 Å². The first kappa shape index (κ1) is 21.6. The first-order chi connectivity index (χ1) is 14.2. The quantitative estimate of drug-likeness (QED) is 0.530. The van der Waals surface area contributed by atoms with Gasteiger partial charge in [-0.15, -0.1) is 0 Å². The Balaban J connectivity index is 1.54. The summed E-state index contributed by atoms with van der Waals surface area (Å²) < 4.78 is 16.5. The van der Waals surface area contributed by atoms with Crippen molar-refractivity contribution in [2.45, 2.75) is 25.7 Å². The van der Waals surface area contributed by atoms with E-state index in [1.54, 1.807) is 21.3 Å². The maximum Gasteiger partial charge on any atom is 0.193 e. The minimum absolute atomic E-state index is 0.729. The summed E-state index contributed by atoms with van der Waals surface area (Å²) in [4.78, 5) is 9.53. The van der Waals surface area contributed by atoms with Crippen LogP contribution in [0.3, 0.4) is 0 Å². The highest BCUT2D eigenvalue weighted by Gasteiger charge is 2.27. The lowest BCUT2D eigenvalue weighted by atomic mass is 10.1. The predicted molar refractivity (Wildman–Crippen MR) is 117 cm³/mol. The number of methoxy groups -OCH3 is 3. The number of likely N-dealkylation sites (tertiary alicyclic amines) is 2. The molecule has 0 spiro atoms. The van der Waals surface area contributed by atoms with Gasteiger partial charge in [-0.1, -0.05) is 0 Å². The van der Waals surface area contributed by atoms with Gasteiger partial charge in [0.05, 0.1) is 21.3 Å². The number of nitrogens with one attached hydrogen (secondary N) is 1. The van der Waals surface area contributed by atoms with Crippen molar-refractivity contribution >= 4 is 5.96 Å². The van der Waals surface area contributed by atoms with Gasteiger partial charge in [0, 0.05) is 50.9 Å². The Bertz CT molecular complexity index is 664. The molecule has 1 aromatic rings. The average Bonchev–Trinajstić information content (AvgIpc) is 3.43. The molecular weight excluding hydrogens is 368 g/mol. The number of guanidine groups is 1. The molecule has 0 aliphatic carbocycles. The van der Waals surface area contributed by atoms with Gasteiger partial charge in [0.25, 0.3) is 0 Å². The number of benzene rings is 1. The molecule has 2 saturated heterocycles. The Morgan fingerprint density at radius 3 is 2.34 bits per heavy atom. The third kappa shape index (κ3) is 5.47. The van der Waals surface area contributed by atoms with Crippen molar-refractivity contribution in [1.82, 2.24) is 15.1 Å². The van der Waals surface area contributed by atoms with Crippen LogP contribution in [0.4, 0.5) is 0 Å². The molecule has 7 nitrogen and oxygen atoms in total. The van der Waals surface area contributed by atoms with E-state index in [0.717, 1.165) is 60.7 Å². The van der Waals surface area contributed by atoms with Crippen molar-refractivity contribution in [3.05, 3.63) is 17.7 Å². The number of rotatable bonds is 8. The summed E-state index contributed by atoms with van der Waals surface area (Å²) in [5, 5.41) is 3.53. The summed E-state index contributed by atoms with van der Waals surface area (Å²) >= 11 is 0. The molecule has 1 aromatic carbocycles. The Kier molecular flexibility index (Phi) is 7.86. The third-order valence-electron chi connectivity index (χ3n) is 5.99. The fourth-order valence-corrected chi connectivity index (χ4v) is 4.46. The molecule has 0 radical (unpaired) electrons. The summed E-state index contributed by atoms with van der Waals surface area (Å²) in [5.41, 5.74) is 1.03. The third-order valence-corrected chi connectivity index (χ3v) is 5.99. The molecule has 2 aliphatic heterocycles. The van der Waals surface area contributed by atoms with Crippen LogP contribution in [0, 0.1) is 5.92 Å². The van der Waals surface area contributed by atoms with Crippen LogP contribution in [0.25, 0.3) is 0 Å². The molecule has 1 atom stereocenters. The number of hydrogen-bond acceptors (Lipinski definition) is 5. The van der Waals surface area contributed by atoms with E-state index in [1.165, 1.54) is 38.9 Å². The van der Waals surface area contributed by atoms with Gasteiger partial charge in [-0.05, 0) is 44.7 Å². The molecule has 162 valence electrons. The molecule has 0 aromatic heterocycles. The monoisotopic (exact) mass is 404 g/mol. The molecular formula is C22H36N4O3. The smallest absolute Gasteiger partial charge is 0.193 e. The number of ether oxygens (including phenoxy) is 3. The van der Waals surface area contributed by atoms with Gasteiger partial charge in [0.2, 0.25) is 0 Å². The minimum atomic E-state index is 0.729. The van der Waals surface area contributed by atoms with Gasteiger partial charge < -0.3 is 29.3 Å². The van der Waals surface area contributed by atoms with E-state index in [1.807, 2.05) is 19.2 Å². The van der Waals surface area contributed by atoms with Crippen LogP contribution >= 0.6 is 0 Å². The van der Waals surface area contributed by atoms with Crippen LogP contribution in [0.2, 0.25) is 0 Å². The standard InChI is InChI=1S/C22H36N4O3/c1-23-22(26-12-8-17(16-26)15-25-10-5-6-11-25)24-9-7-19-20(28-3)13-18(27-2)14-21(19)29-4/h13-14,17H,5-12,15-16H2,1-4H3,(H,23,24). The normalized spacial score (nSPS) is 20.2. The number of aliphatic imine (C=N–C) groups is 1. The Morgan fingerprint density at radius 1 is 1.07 bits per heavy atom. The Labute approximate surface area is 175 Å². The lowest BCUT2D eigenvalue weighted by Crippen LogP contribution is -2.41. The van der Waals surface area contributed by atoms with Crippen molar-refractivity contribution < 1.29 is 14.2 Å². The Morgan fingerprint density at radius 2 is 1.76 bits per heavy atom. The number of hydrogen-bond donors (Lipinski definition) is 1. The lowest BCUT2D eigenvalue weighted by molar-refractivity contribution is 0.281. The second kappa shape index (κ2) is 10.6. The highest BCUT2D eigenvalue weighted by Crippen LogP contribution is 2.34. The number of nitrogens with zero attached hydrogens (tertiary/aromatic N) is 3. The van der Waals surface area contributed by atoms with Crippen LogP contribution in [-0.2, 0) is 6.42 Å². The van der Waals surface area contributed by atoms with Gasteiger partial charge in [-0.25, -0.2) is 0 Å². The highest BCUT2D eigenvalue weighted by atomic mass is 16.5. The fourth-order valence-electron chi connectivity index (χ4n) is 4.46. The largest absolute Gasteiger partial charge is 0.496 e. The zero-order valence-electron chi connectivity index (χ0n) is 18.4. The van der Waals surface area contributed by atoms with Crippen molar-refractivity contribution in [1.29, 1.82) is 0 Å². The van der Waals surface area contributed by atoms with E-state index in [-0.39, 0.29) is 0 Å². The van der Waals surface area contributed by atoms with Gasteiger partial charge in [0.1, 0.15) is 17.2 Å². The van der Waals surface area contributed by atoms with E-state index >= 15 is 0 Å². The van der Waals surface area contributed by atoms with Crippen LogP contribution in [0.5, 0.6) is 17.2 Å². The minimum Gasteiger partial charge on any atom is -0.496 e. The molecule has 0 amide bonds. The highest BCUT2D eigenvalue weighted by molar-refractivity contribution is 5.80. The van der Waals surface area contributed by atoms with E-state index < -0.39 is 0 Å². The Hall–Kier alpha value is -2.15. The molecule has 2 fully saturated rings. The van der Waals surface area contributed by atoms with E-state index in [2.05, 4.69) is 20.1 Å². The summed E-state index contributed by atoms with van der Waals surface area (Å²) in [7, 11) is 6.86. The predicted octanol–water partition coefficient (Wildman–Crippen LogP) is 2.25. The summed E-state index contributed by atoms with van der Waals surface area (Å²) in [6.45, 7) is 6.70. The fraction of sp³-hybridized carbons (Fsp3) is 0.682. The topological polar surface area (TPSA) is 58.6 Å². The van der Waals surface area contributed by atoms with E-state index in [9.17, 15) is 0 Å². The first-order valence-corrected chi connectivity index (χ1v) is 10.6. The molecule has 2 aliphatic rings. The zero-order chi connectivity index (χ0) is 20.6. The lowest BCUT2D eigenvalue weighted by Gasteiger charge is -2.23. The molecule has 1 unspecified atom stereocenters. The molecule has 29 heavy (non-hydrogen) atoms.